The number of hydrogen-bond donors (Lipinski definition) is 2. The smallest absolute Gasteiger partial charge is 0.371 e. The van der Waals surface area contributed by atoms with Crippen molar-refractivity contribution in [3.05, 3.63) is 57.5 Å². The molecule has 94 valence electrons. The fraction of sp³-hybridized carbons (Fsp3) is 0.154. The molecule has 0 saturated heterocycles. The average Bonchev–Trinajstić information content (AvgIpc) is 2.81. The lowest BCUT2D eigenvalue weighted by atomic mass is 10.0. The molecule has 0 fully saturated rings. The standard InChI is InChI=1S/C13H11BrO4/c1-7-2-3-8(14)6-9(7)12(15)10-4-5-11(18-10)13(16)17/h2-6,12,15H,1H3,(H,16,17). The third-order valence-electron chi connectivity index (χ3n) is 2.64. The number of aliphatic hydroxyl groups excluding tert-OH is 1. The highest BCUT2D eigenvalue weighted by molar-refractivity contribution is 9.10. The van der Waals surface area contributed by atoms with E-state index in [1.54, 1.807) is 6.07 Å². The van der Waals surface area contributed by atoms with Gasteiger partial charge in [-0.1, -0.05) is 22.0 Å². The third kappa shape index (κ3) is 2.47. The molecule has 4 nitrogen and oxygen atoms in total. The molecule has 5 heteroatoms. The second-order valence-corrected chi connectivity index (χ2v) is 4.83. The second kappa shape index (κ2) is 4.96. The van der Waals surface area contributed by atoms with Gasteiger partial charge in [0.25, 0.3) is 0 Å². The summed E-state index contributed by atoms with van der Waals surface area (Å²) >= 11 is 3.33. The first kappa shape index (κ1) is 12.9. The number of aliphatic hydroxyl groups is 1. The maximum atomic E-state index is 10.7. The van der Waals surface area contributed by atoms with Crippen molar-refractivity contribution in [1.82, 2.24) is 0 Å². The molecular weight excluding hydrogens is 300 g/mol. The van der Waals surface area contributed by atoms with E-state index < -0.39 is 12.1 Å². The van der Waals surface area contributed by atoms with Crippen molar-refractivity contribution in [1.29, 1.82) is 0 Å². The Hall–Kier alpha value is -1.59. The fourth-order valence-electron chi connectivity index (χ4n) is 1.67. The Labute approximate surface area is 112 Å². The molecule has 0 amide bonds. The van der Waals surface area contributed by atoms with E-state index in [-0.39, 0.29) is 11.5 Å². The molecule has 0 bridgehead atoms. The summed E-state index contributed by atoms with van der Waals surface area (Å²) in [5.74, 6) is -1.12. The van der Waals surface area contributed by atoms with Crippen LogP contribution in [0, 0.1) is 6.92 Å². The van der Waals surface area contributed by atoms with E-state index >= 15 is 0 Å². The molecule has 0 aliphatic rings. The third-order valence-corrected chi connectivity index (χ3v) is 3.14. The van der Waals surface area contributed by atoms with Gasteiger partial charge in [-0.05, 0) is 42.3 Å². The highest BCUT2D eigenvalue weighted by atomic mass is 79.9. The first-order valence-corrected chi connectivity index (χ1v) is 6.05. The molecule has 0 saturated carbocycles. The average molecular weight is 311 g/mol. The summed E-state index contributed by atoms with van der Waals surface area (Å²) in [6.45, 7) is 1.87. The monoisotopic (exact) mass is 310 g/mol. The molecule has 0 aliphatic heterocycles. The molecule has 2 rings (SSSR count). The number of aryl methyl sites for hydroxylation is 1. The molecule has 0 spiro atoms. The number of furan rings is 1. The first-order chi connectivity index (χ1) is 8.49. The Bertz CT molecular complexity index is 588. The van der Waals surface area contributed by atoms with Crippen LogP contribution in [-0.2, 0) is 0 Å². The van der Waals surface area contributed by atoms with Crippen LogP contribution in [0.2, 0.25) is 0 Å². The summed E-state index contributed by atoms with van der Waals surface area (Å²) in [6.07, 6.45) is -0.976. The Morgan fingerprint density at radius 2 is 2.06 bits per heavy atom. The van der Waals surface area contributed by atoms with Crippen LogP contribution in [-0.4, -0.2) is 16.2 Å². The van der Waals surface area contributed by atoms with Crippen LogP contribution in [0.3, 0.4) is 0 Å². The molecule has 2 aromatic rings. The maximum absolute atomic E-state index is 10.7. The molecule has 1 unspecified atom stereocenters. The summed E-state index contributed by atoms with van der Waals surface area (Å²) in [5, 5.41) is 19.0. The van der Waals surface area contributed by atoms with Crippen molar-refractivity contribution in [2.45, 2.75) is 13.0 Å². The molecular formula is C13H11BrO4. The Kier molecular flexibility index (Phi) is 3.54. The van der Waals surface area contributed by atoms with Crippen molar-refractivity contribution in [2.75, 3.05) is 0 Å². The number of carboxylic acids is 1. The molecule has 1 heterocycles. The zero-order valence-corrected chi connectivity index (χ0v) is 11.1. The molecule has 1 aromatic carbocycles. The summed E-state index contributed by atoms with van der Waals surface area (Å²) in [6, 6.07) is 8.31. The number of carboxylic acid groups (broad SMARTS) is 1. The topological polar surface area (TPSA) is 70.7 Å². The number of aromatic carboxylic acids is 1. The quantitative estimate of drug-likeness (QED) is 0.913. The highest BCUT2D eigenvalue weighted by Crippen LogP contribution is 2.28. The molecule has 0 aliphatic carbocycles. The Morgan fingerprint density at radius 3 is 2.67 bits per heavy atom. The van der Waals surface area contributed by atoms with Crippen LogP contribution < -0.4 is 0 Å². The first-order valence-electron chi connectivity index (χ1n) is 5.26. The lowest BCUT2D eigenvalue weighted by Gasteiger charge is -2.11. The second-order valence-electron chi connectivity index (χ2n) is 3.91. The van der Waals surface area contributed by atoms with Gasteiger partial charge in [0.05, 0.1) is 0 Å². The minimum Gasteiger partial charge on any atom is -0.475 e. The van der Waals surface area contributed by atoms with Gasteiger partial charge in [-0.15, -0.1) is 0 Å². The summed E-state index contributed by atoms with van der Waals surface area (Å²) in [4.78, 5) is 10.7. The van der Waals surface area contributed by atoms with E-state index in [0.717, 1.165) is 10.0 Å². The zero-order chi connectivity index (χ0) is 13.3. The number of rotatable bonds is 3. The summed E-state index contributed by atoms with van der Waals surface area (Å²) in [5.41, 5.74) is 1.58. The largest absolute Gasteiger partial charge is 0.475 e. The predicted octanol–water partition coefficient (Wildman–Crippen LogP) is 3.13. The number of benzene rings is 1. The minimum atomic E-state index is -1.15. The minimum absolute atomic E-state index is 0.184. The van der Waals surface area contributed by atoms with E-state index in [1.807, 2.05) is 19.1 Å². The highest BCUT2D eigenvalue weighted by Gasteiger charge is 2.19. The zero-order valence-electron chi connectivity index (χ0n) is 9.55. The van der Waals surface area contributed by atoms with Crippen molar-refractivity contribution in [2.24, 2.45) is 0 Å². The van der Waals surface area contributed by atoms with Gasteiger partial charge in [-0.25, -0.2) is 4.79 Å². The maximum Gasteiger partial charge on any atom is 0.371 e. The van der Waals surface area contributed by atoms with Gasteiger partial charge in [0.2, 0.25) is 5.76 Å². The Morgan fingerprint density at radius 1 is 1.33 bits per heavy atom. The molecule has 2 N–H and O–H groups in total. The molecule has 1 atom stereocenters. The number of carbonyl (C=O) groups is 1. The van der Waals surface area contributed by atoms with Gasteiger partial charge in [-0.2, -0.15) is 0 Å². The molecule has 1 aromatic heterocycles. The van der Waals surface area contributed by atoms with E-state index in [0.29, 0.717) is 5.56 Å². The number of halogens is 1. The summed E-state index contributed by atoms with van der Waals surface area (Å²) < 4.78 is 5.93. The molecule has 0 radical (unpaired) electrons. The van der Waals surface area contributed by atoms with Crippen LogP contribution in [0.4, 0.5) is 0 Å². The van der Waals surface area contributed by atoms with E-state index in [9.17, 15) is 9.90 Å². The van der Waals surface area contributed by atoms with Crippen molar-refractivity contribution in [3.8, 4) is 0 Å². The van der Waals surface area contributed by atoms with Crippen LogP contribution in [0.25, 0.3) is 0 Å². The van der Waals surface area contributed by atoms with Gasteiger partial charge < -0.3 is 14.6 Å². The van der Waals surface area contributed by atoms with Crippen LogP contribution in [0.15, 0.2) is 39.2 Å². The van der Waals surface area contributed by atoms with Crippen LogP contribution >= 0.6 is 15.9 Å². The fourth-order valence-corrected chi connectivity index (χ4v) is 2.05. The van der Waals surface area contributed by atoms with Crippen molar-refractivity contribution in [3.63, 3.8) is 0 Å². The lowest BCUT2D eigenvalue weighted by molar-refractivity contribution is 0.0655. The van der Waals surface area contributed by atoms with Crippen molar-refractivity contribution >= 4 is 21.9 Å². The van der Waals surface area contributed by atoms with Gasteiger partial charge in [0, 0.05) is 4.47 Å². The van der Waals surface area contributed by atoms with Gasteiger partial charge in [0.15, 0.2) is 0 Å². The lowest BCUT2D eigenvalue weighted by Crippen LogP contribution is -2.01. The van der Waals surface area contributed by atoms with Crippen LogP contribution in [0.5, 0.6) is 0 Å². The van der Waals surface area contributed by atoms with E-state index in [2.05, 4.69) is 15.9 Å². The summed E-state index contributed by atoms with van der Waals surface area (Å²) in [7, 11) is 0. The normalized spacial score (nSPS) is 12.4. The van der Waals surface area contributed by atoms with E-state index in [4.69, 9.17) is 9.52 Å². The predicted molar refractivity (Wildman–Crippen MR) is 68.6 cm³/mol. The van der Waals surface area contributed by atoms with Gasteiger partial charge >= 0.3 is 5.97 Å². The number of hydrogen-bond acceptors (Lipinski definition) is 3. The SMILES string of the molecule is Cc1ccc(Br)cc1C(O)c1ccc(C(=O)O)o1. The molecule has 18 heavy (non-hydrogen) atoms. The van der Waals surface area contributed by atoms with Gasteiger partial charge in [-0.3, -0.25) is 0 Å². The van der Waals surface area contributed by atoms with Crippen LogP contribution in [0.1, 0.15) is 33.5 Å². The van der Waals surface area contributed by atoms with Crippen molar-refractivity contribution < 1.29 is 19.4 Å². The van der Waals surface area contributed by atoms with E-state index in [1.165, 1.54) is 12.1 Å². The van der Waals surface area contributed by atoms with Gasteiger partial charge in [0.1, 0.15) is 11.9 Å². The Balaban J connectivity index is 2.37.